The highest BCUT2D eigenvalue weighted by Gasteiger charge is 2.41. The SMILES string of the molecule is COc1ccc2c(c1C(=O)O)O[B-](O)(O)[C@@H](SCC(=O)N1CCOCC1)C2. The molecule has 0 aliphatic carbocycles. The quantitative estimate of drug-likeness (QED) is 0.576. The van der Waals surface area contributed by atoms with E-state index in [0.717, 1.165) is 11.8 Å². The highest BCUT2D eigenvalue weighted by atomic mass is 32.2. The summed E-state index contributed by atoms with van der Waals surface area (Å²) in [4.78, 5) is 25.5. The molecule has 0 spiro atoms. The van der Waals surface area contributed by atoms with Crippen LogP contribution in [0.4, 0.5) is 0 Å². The molecule has 1 fully saturated rings. The summed E-state index contributed by atoms with van der Waals surface area (Å²) in [5.41, 5.74) is 0.266. The van der Waals surface area contributed by atoms with Gasteiger partial charge in [0.15, 0.2) is 0 Å². The Balaban J connectivity index is 1.75. The predicted molar refractivity (Wildman–Crippen MR) is 98.1 cm³/mol. The first-order valence-electron chi connectivity index (χ1n) is 8.52. The highest BCUT2D eigenvalue weighted by Crippen LogP contribution is 2.40. The fraction of sp³-hybridized carbons (Fsp3) is 0.500. The molecule has 27 heavy (non-hydrogen) atoms. The molecule has 2 aliphatic rings. The molecule has 9 nitrogen and oxygen atoms in total. The Morgan fingerprint density at radius 3 is 2.67 bits per heavy atom. The molecule has 2 heterocycles. The van der Waals surface area contributed by atoms with E-state index >= 15 is 0 Å². The maximum atomic E-state index is 12.3. The number of morpholine rings is 1. The van der Waals surface area contributed by atoms with Gasteiger partial charge >= 0.3 is 12.7 Å². The summed E-state index contributed by atoms with van der Waals surface area (Å²) in [6, 6.07) is 3.13. The average molecular weight is 398 g/mol. The van der Waals surface area contributed by atoms with Gasteiger partial charge in [0.05, 0.1) is 31.8 Å². The van der Waals surface area contributed by atoms with Crippen molar-refractivity contribution in [1.82, 2.24) is 4.90 Å². The Morgan fingerprint density at radius 1 is 1.33 bits per heavy atom. The molecule has 3 N–H and O–H groups in total. The molecule has 1 aromatic carbocycles. The number of methoxy groups -OCH3 is 1. The van der Waals surface area contributed by atoms with Crippen molar-refractivity contribution in [3.63, 3.8) is 0 Å². The van der Waals surface area contributed by atoms with Gasteiger partial charge in [0.1, 0.15) is 11.3 Å². The van der Waals surface area contributed by atoms with Crippen molar-refractivity contribution in [2.45, 2.75) is 11.6 Å². The number of hydrogen-bond donors (Lipinski definition) is 3. The number of fused-ring (bicyclic) bond motifs is 1. The van der Waals surface area contributed by atoms with Crippen LogP contribution in [-0.2, 0) is 16.0 Å². The van der Waals surface area contributed by atoms with Crippen LogP contribution < -0.4 is 9.39 Å². The molecule has 0 aromatic heterocycles. The first-order chi connectivity index (χ1) is 12.8. The maximum Gasteiger partial charge on any atom is 0.443 e. The summed E-state index contributed by atoms with van der Waals surface area (Å²) in [5, 5.41) is 29.4. The van der Waals surface area contributed by atoms with Crippen molar-refractivity contribution in [2.75, 3.05) is 39.2 Å². The number of hydrogen-bond acceptors (Lipinski definition) is 8. The van der Waals surface area contributed by atoms with Crippen LogP contribution in [0.3, 0.4) is 0 Å². The van der Waals surface area contributed by atoms with Crippen molar-refractivity contribution in [3.05, 3.63) is 23.3 Å². The Morgan fingerprint density at radius 2 is 2.04 bits per heavy atom. The van der Waals surface area contributed by atoms with Crippen LogP contribution in [-0.4, -0.2) is 83.0 Å². The van der Waals surface area contributed by atoms with Crippen molar-refractivity contribution in [3.8, 4) is 11.5 Å². The minimum absolute atomic E-state index is 0.0654. The molecule has 0 saturated carbocycles. The third-order valence-corrected chi connectivity index (χ3v) is 5.98. The lowest BCUT2D eigenvalue weighted by Gasteiger charge is -2.43. The van der Waals surface area contributed by atoms with Crippen molar-refractivity contribution >= 4 is 30.4 Å². The van der Waals surface area contributed by atoms with Crippen LogP contribution in [0.25, 0.3) is 0 Å². The fourth-order valence-corrected chi connectivity index (χ4v) is 4.30. The van der Waals surface area contributed by atoms with E-state index < -0.39 is 17.9 Å². The molecule has 1 aromatic rings. The summed E-state index contributed by atoms with van der Waals surface area (Å²) in [7, 11) is 1.32. The summed E-state index contributed by atoms with van der Waals surface area (Å²) >= 11 is 1.09. The number of carbonyl (C=O) groups is 2. The molecule has 0 radical (unpaired) electrons. The van der Waals surface area contributed by atoms with E-state index in [1.54, 1.807) is 11.0 Å². The van der Waals surface area contributed by atoms with Crippen molar-refractivity contribution < 1.29 is 38.9 Å². The third-order valence-electron chi connectivity index (χ3n) is 4.62. The molecule has 1 amide bonds. The monoisotopic (exact) mass is 398 g/mol. The number of carboxylic acids is 1. The second-order valence-electron chi connectivity index (χ2n) is 6.36. The number of benzene rings is 1. The summed E-state index contributed by atoms with van der Waals surface area (Å²) < 4.78 is 15.5. The van der Waals surface area contributed by atoms with Crippen LogP contribution in [0.15, 0.2) is 12.1 Å². The number of nitrogens with zero attached hydrogens (tertiary/aromatic N) is 1. The summed E-state index contributed by atoms with van der Waals surface area (Å²) in [6.07, 6.45) is 0.160. The van der Waals surface area contributed by atoms with Gasteiger partial charge < -0.3 is 34.2 Å². The number of aromatic carboxylic acids is 1. The van der Waals surface area contributed by atoms with Crippen LogP contribution in [0, 0.1) is 0 Å². The van der Waals surface area contributed by atoms with Gasteiger partial charge in [-0.25, -0.2) is 4.79 Å². The lowest BCUT2D eigenvalue weighted by atomic mass is 9.69. The zero-order valence-corrected chi connectivity index (χ0v) is 15.6. The van der Waals surface area contributed by atoms with Gasteiger partial charge in [-0.15, -0.1) is 0 Å². The van der Waals surface area contributed by atoms with Crippen molar-refractivity contribution in [1.29, 1.82) is 0 Å². The van der Waals surface area contributed by atoms with E-state index in [-0.39, 0.29) is 35.1 Å². The molecule has 2 aliphatic heterocycles. The first kappa shape index (κ1) is 19.8. The van der Waals surface area contributed by atoms with Gasteiger partial charge in [0.25, 0.3) is 0 Å². The van der Waals surface area contributed by atoms with Gasteiger partial charge in [0.2, 0.25) is 5.91 Å². The van der Waals surface area contributed by atoms with Gasteiger partial charge in [-0.05, 0) is 23.2 Å². The lowest BCUT2D eigenvalue weighted by Crippen LogP contribution is -2.56. The van der Waals surface area contributed by atoms with E-state index in [2.05, 4.69) is 0 Å². The van der Waals surface area contributed by atoms with Crippen LogP contribution in [0.5, 0.6) is 11.5 Å². The minimum Gasteiger partial charge on any atom is -0.669 e. The number of thioether (sulfide) groups is 1. The van der Waals surface area contributed by atoms with E-state index in [9.17, 15) is 24.7 Å². The van der Waals surface area contributed by atoms with E-state index in [1.165, 1.54) is 13.2 Å². The normalized spacial score (nSPS) is 21.1. The highest BCUT2D eigenvalue weighted by molar-refractivity contribution is 8.02. The fourth-order valence-electron chi connectivity index (χ4n) is 3.16. The largest absolute Gasteiger partial charge is 0.669 e. The Hall–Kier alpha value is -1.95. The molecule has 0 bridgehead atoms. The van der Waals surface area contributed by atoms with Crippen molar-refractivity contribution in [2.24, 2.45) is 0 Å². The summed E-state index contributed by atoms with van der Waals surface area (Å²) in [5.74, 6) is -1.37. The van der Waals surface area contributed by atoms with Crippen LogP contribution >= 0.6 is 11.8 Å². The Bertz CT molecular complexity index is 737. The maximum absolute atomic E-state index is 12.3. The molecule has 1 saturated heterocycles. The van der Waals surface area contributed by atoms with E-state index in [4.69, 9.17) is 14.1 Å². The Kier molecular flexibility index (Phi) is 5.85. The number of carboxylic acid groups (broad SMARTS) is 1. The minimum atomic E-state index is -3.35. The molecule has 1 atom stereocenters. The molecule has 3 rings (SSSR count). The Labute approximate surface area is 160 Å². The summed E-state index contributed by atoms with van der Waals surface area (Å²) in [6.45, 7) is -1.34. The molecular weight excluding hydrogens is 377 g/mol. The number of carbonyl (C=O) groups excluding carboxylic acids is 1. The first-order valence-corrected chi connectivity index (χ1v) is 9.57. The van der Waals surface area contributed by atoms with Gasteiger partial charge in [-0.3, -0.25) is 4.79 Å². The molecule has 0 unspecified atom stereocenters. The zero-order chi connectivity index (χ0) is 19.6. The number of amides is 1. The second kappa shape index (κ2) is 7.97. The van der Waals surface area contributed by atoms with Gasteiger partial charge in [0, 0.05) is 13.1 Å². The standard InChI is InChI=1S/C16H21BNO8S/c1-24-11-3-2-10-8-12(17(22,23)26-15(10)14(11)16(20)21)27-9-13(19)18-4-6-25-7-5-18/h2-3,12,22-23H,4-9H2,1H3,(H,20,21)/q-1/t12-/m0/s1. The zero-order valence-electron chi connectivity index (χ0n) is 14.8. The van der Waals surface area contributed by atoms with E-state index in [0.29, 0.717) is 31.9 Å². The van der Waals surface area contributed by atoms with Crippen LogP contribution in [0.1, 0.15) is 15.9 Å². The van der Waals surface area contributed by atoms with E-state index in [1.807, 2.05) is 0 Å². The number of rotatable bonds is 5. The van der Waals surface area contributed by atoms with Gasteiger partial charge in [-0.2, -0.15) is 11.8 Å². The molecule has 148 valence electrons. The smallest absolute Gasteiger partial charge is 0.443 e. The molecular formula is C16H21BNO8S-. The predicted octanol–water partition coefficient (Wildman–Crippen LogP) is -0.248. The average Bonchev–Trinajstić information content (AvgIpc) is 2.65. The topological polar surface area (TPSA) is 126 Å². The van der Waals surface area contributed by atoms with Crippen LogP contribution in [0.2, 0.25) is 0 Å². The molecule has 11 heteroatoms. The number of ether oxygens (including phenoxy) is 2. The third kappa shape index (κ3) is 4.16. The van der Waals surface area contributed by atoms with Gasteiger partial charge in [-0.1, -0.05) is 6.07 Å². The lowest BCUT2D eigenvalue weighted by molar-refractivity contribution is -0.132. The second-order valence-corrected chi connectivity index (χ2v) is 7.59.